The first-order chi connectivity index (χ1) is 10.3. The molecule has 0 amide bonds. The largest absolute Gasteiger partial charge is 0.469 e. The van der Waals surface area contributed by atoms with E-state index in [0.29, 0.717) is 29.1 Å². The summed E-state index contributed by atoms with van der Waals surface area (Å²) in [6, 6.07) is 0. The number of ether oxygens (including phenoxy) is 1. The molecule has 0 unspecified atom stereocenters. The van der Waals surface area contributed by atoms with Gasteiger partial charge in [0.25, 0.3) is 0 Å². The van der Waals surface area contributed by atoms with E-state index in [4.69, 9.17) is 4.74 Å². The second-order valence-electron chi connectivity index (χ2n) is 8.72. The Morgan fingerprint density at radius 2 is 1.86 bits per heavy atom. The Kier molecular flexibility index (Phi) is 4.08. The van der Waals surface area contributed by atoms with Crippen LogP contribution in [0.25, 0.3) is 0 Å². The standard InChI is InChI=1S/C19H32O3/c1-12-15-6-5-13-11-14(20)7-9-19(13,3)16(15)8-10-18(12,2)17(21)22-4/h12-16,20H,5-11H2,1-4H3/t12-,13+,14+,15-,16-,18-,19-/m0/s1. The summed E-state index contributed by atoms with van der Waals surface area (Å²) < 4.78 is 5.12. The number of esters is 1. The molecule has 3 aliphatic rings. The summed E-state index contributed by atoms with van der Waals surface area (Å²) in [6.45, 7) is 6.85. The van der Waals surface area contributed by atoms with Gasteiger partial charge in [-0.15, -0.1) is 0 Å². The van der Waals surface area contributed by atoms with Crippen molar-refractivity contribution in [3.63, 3.8) is 0 Å². The molecule has 0 aliphatic heterocycles. The molecule has 7 atom stereocenters. The molecule has 0 aromatic rings. The zero-order valence-electron chi connectivity index (χ0n) is 14.6. The van der Waals surface area contributed by atoms with E-state index in [2.05, 4.69) is 20.8 Å². The second-order valence-corrected chi connectivity index (χ2v) is 8.72. The van der Waals surface area contributed by atoms with E-state index in [0.717, 1.165) is 32.1 Å². The normalized spacial score (nSPS) is 51.6. The molecule has 0 aromatic heterocycles. The lowest BCUT2D eigenvalue weighted by Gasteiger charge is -2.60. The maximum Gasteiger partial charge on any atom is 0.311 e. The van der Waals surface area contributed by atoms with Crippen LogP contribution in [0.5, 0.6) is 0 Å². The average Bonchev–Trinajstić information content (AvgIpc) is 2.50. The fourth-order valence-corrected chi connectivity index (χ4v) is 6.24. The number of methoxy groups -OCH3 is 1. The average molecular weight is 308 g/mol. The predicted octanol–water partition coefficient (Wildman–Crippen LogP) is 3.79. The fourth-order valence-electron chi connectivity index (χ4n) is 6.24. The highest BCUT2D eigenvalue weighted by Crippen LogP contribution is 2.63. The summed E-state index contributed by atoms with van der Waals surface area (Å²) in [5.74, 6) is 2.39. The molecule has 3 aliphatic carbocycles. The van der Waals surface area contributed by atoms with E-state index in [1.807, 2.05) is 0 Å². The van der Waals surface area contributed by atoms with Gasteiger partial charge in [0.05, 0.1) is 18.6 Å². The summed E-state index contributed by atoms with van der Waals surface area (Å²) >= 11 is 0. The van der Waals surface area contributed by atoms with Crippen molar-refractivity contribution in [3.05, 3.63) is 0 Å². The molecule has 3 rings (SSSR count). The minimum atomic E-state index is -0.312. The van der Waals surface area contributed by atoms with Gasteiger partial charge in [0.2, 0.25) is 0 Å². The highest BCUT2D eigenvalue weighted by Gasteiger charge is 2.57. The van der Waals surface area contributed by atoms with Gasteiger partial charge in [0.1, 0.15) is 0 Å². The molecule has 3 fully saturated rings. The van der Waals surface area contributed by atoms with E-state index in [1.54, 1.807) is 0 Å². The summed E-state index contributed by atoms with van der Waals surface area (Å²) in [7, 11) is 1.52. The molecule has 0 saturated heterocycles. The molecule has 3 saturated carbocycles. The minimum absolute atomic E-state index is 0.0233. The lowest BCUT2D eigenvalue weighted by atomic mass is 9.45. The lowest BCUT2D eigenvalue weighted by molar-refractivity contribution is -0.170. The van der Waals surface area contributed by atoms with Crippen LogP contribution in [0.2, 0.25) is 0 Å². The zero-order valence-corrected chi connectivity index (χ0v) is 14.6. The van der Waals surface area contributed by atoms with Gasteiger partial charge in [-0.1, -0.05) is 13.8 Å². The van der Waals surface area contributed by atoms with Crippen molar-refractivity contribution in [3.8, 4) is 0 Å². The third kappa shape index (κ3) is 2.23. The van der Waals surface area contributed by atoms with Crippen molar-refractivity contribution >= 4 is 5.97 Å². The highest BCUT2D eigenvalue weighted by molar-refractivity contribution is 5.76. The van der Waals surface area contributed by atoms with Gasteiger partial charge in [0, 0.05) is 0 Å². The summed E-state index contributed by atoms with van der Waals surface area (Å²) in [6.07, 6.45) is 7.54. The van der Waals surface area contributed by atoms with Crippen LogP contribution < -0.4 is 0 Å². The van der Waals surface area contributed by atoms with E-state index >= 15 is 0 Å². The van der Waals surface area contributed by atoms with E-state index < -0.39 is 0 Å². The van der Waals surface area contributed by atoms with Crippen molar-refractivity contribution in [1.82, 2.24) is 0 Å². The molecule has 3 nitrogen and oxygen atoms in total. The first kappa shape index (κ1) is 16.3. The first-order valence-electron chi connectivity index (χ1n) is 9.09. The minimum Gasteiger partial charge on any atom is -0.469 e. The van der Waals surface area contributed by atoms with Crippen LogP contribution in [0.1, 0.15) is 65.7 Å². The Morgan fingerprint density at radius 3 is 2.55 bits per heavy atom. The third-order valence-corrected chi connectivity index (χ3v) is 7.99. The number of fused-ring (bicyclic) bond motifs is 3. The Bertz CT molecular complexity index is 448. The molecule has 0 heterocycles. The maximum absolute atomic E-state index is 12.3. The zero-order chi connectivity index (χ0) is 16.1. The number of carbonyl (C=O) groups excluding carboxylic acids is 1. The van der Waals surface area contributed by atoms with Gasteiger partial charge in [-0.3, -0.25) is 4.79 Å². The summed E-state index contributed by atoms with van der Waals surface area (Å²) in [5.41, 5.74) is 0.0567. The van der Waals surface area contributed by atoms with Gasteiger partial charge >= 0.3 is 5.97 Å². The van der Waals surface area contributed by atoms with Crippen molar-refractivity contribution in [2.75, 3.05) is 7.11 Å². The molecule has 0 aromatic carbocycles. The van der Waals surface area contributed by atoms with Crippen LogP contribution in [-0.4, -0.2) is 24.3 Å². The van der Waals surface area contributed by atoms with Crippen LogP contribution >= 0.6 is 0 Å². The quantitative estimate of drug-likeness (QED) is 0.750. The van der Waals surface area contributed by atoms with Gasteiger partial charge in [-0.05, 0) is 81.0 Å². The molecule has 1 N–H and O–H groups in total. The van der Waals surface area contributed by atoms with E-state index in [-0.39, 0.29) is 17.5 Å². The predicted molar refractivity (Wildman–Crippen MR) is 86.2 cm³/mol. The number of hydrogen-bond acceptors (Lipinski definition) is 3. The smallest absolute Gasteiger partial charge is 0.311 e. The Hall–Kier alpha value is -0.570. The van der Waals surface area contributed by atoms with Crippen LogP contribution in [0, 0.1) is 34.5 Å². The van der Waals surface area contributed by atoms with Gasteiger partial charge in [-0.25, -0.2) is 0 Å². The Labute approximate surface area is 134 Å². The third-order valence-electron chi connectivity index (χ3n) is 7.99. The van der Waals surface area contributed by atoms with E-state index in [9.17, 15) is 9.90 Å². The van der Waals surface area contributed by atoms with E-state index in [1.165, 1.54) is 20.0 Å². The number of aliphatic hydroxyl groups is 1. The van der Waals surface area contributed by atoms with Crippen LogP contribution in [0.3, 0.4) is 0 Å². The number of hydrogen-bond donors (Lipinski definition) is 1. The Morgan fingerprint density at radius 1 is 1.14 bits per heavy atom. The van der Waals surface area contributed by atoms with Crippen LogP contribution in [-0.2, 0) is 9.53 Å². The molecule has 3 heteroatoms. The van der Waals surface area contributed by atoms with Crippen molar-refractivity contribution in [2.45, 2.75) is 71.8 Å². The highest BCUT2D eigenvalue weighted by atomic mass is 16.5. The molecule has 0 spiro atoms. The molecule has 0 radical (unpaired) electrons. The molecule has 0 bridgehead atoms. The Balaban J connectivity index is 1.85. The topological polar surface area (TPSA) is 46.5 Å². The number of aliphatic hydroxyl groups excluding tert-OH is 1. The van der Waals surface area contributed by atoms with Crippen LogP contribution in [0.4, 0.5) is 0 Å². The van der Waals surface area contributed by atoms with Gasteiger partial charge in [-0.2, -0.15) is 0 Å². The van der Waals surface area contributed by atoms with Gasteiger partial charge in [0.15, 0.2) is 0 Å². The number of carbonyl (C=O) groups is 1. The van der Waals surface area contributed by atoms with Crippen molar-refractivity contribution in [1.29, 1.82) is 0 Å². The van der Waals surface area contributed by atoms with Gasteiger partial charge < -0.3 is 9.84 Å². The van der Waals surface area contributed by atoms with Crippen LogP contribution in [0.15, 0.2) is 0 Å². The maximum atomic E-state index is 12.3. The monoisotopic (exact) mass is 308 g/mol. The first-order valence-corrected chi connectivity index (χ1v) is 9.09. The molecule has 126 valence electrons. The van der Waals surface area contributed by atoms with Crippen molar-refractivity contribution < 1.29 is 14.6 Å². The van der Waals surface area contributed by atoms with Crippen molar-refractivity contribution in [2.24, 2.45) is 34.5 Å². The second kappa shape index (κ2) is 5.51. The molecular weight excluding hydrogens is 276 g/mol. The number of rotatable bonds is 1. The molecule has 22 heavy (non-hydrogen) atoms. The SMILES string of the molecule is COC(=O)[C@@]1(C)CC[C@H]2[C@@H](CC[C@@H]3C[C@H](O)CC[C@@]32C)[C@@H]1C. The molecular formula is C19H32O3. The summed E-state index contributed by atoms with van der Waals surface area (Å²) in [5, 5.41) is 10.0. The fraction of sp³-hybridized carbons (Fsp3) is 0.947. The summed E-state index contributed by atoms with van der Waals surface area (Å²) in [4.78, 5) is 12.3. The lowest BCUT2D eigenvalue weighted by Crippen LogP contribution is -2.55.